The van der Waals surface area contributed by atoms with Gasteiger partial charge in [0.05, 0.1) is 19.8 Å². The van der Waals surface area contributed by atoms with Gasteiger partial charge < -0.3 is 19.9 Å². The molecular formula is C15H21N3O2S. The first-order valence-corrected chi connectivity index (χ1v) is 7.41. The number of carbonyl (C=O) groups is 1. The summed E-state index contributed by atoms with van der Waals surface area (Å²) in [7, 11) is 1.82. The number of benzene rings is 1. The molecule has 1 amide bonds. The fourth-order valence-electron chi connectivity index (χ4n) is 2.04. The third-order valence-corrected chi connectivity index (χ3v) is 3.80. The molecule has 2 rings (SSSR count). The average Bonchev–Trinajstić information content (AvgIpc) is 2.50. The summed E-state index contributed by atoms with van der Waals surface area (Å²) in [6, 6.07) is 7.98. The molecule has 0 atom stereocenters. The SMILES string of the molecule is Cc1ccc(NC(=S)N(C)CC(=O)N2CCOCC2)cc1. The third-order valence-electron chi connectivity index (χ3n) is 3.39. The van der Waals surface area contributed by atoms with Crippen LogP contribution in [0.4, 0.5) is 5.69 Å². The number of hydrogen-bond acceptors (Lipinski definition) is 3. The zero-order chi connectivity index (χ0) is 15.2. The summed E-state index contributed by atoms with van der Waals surface area (Å²) < 4.78 is 5.25. The molecule has 0 spiro atoms. The van der Waals surface area contributed by atoms with Gasteiger partial charge in [-0.15, -0.1) is 0 Å². The second-order valence-corrected chi connectivity index (χ2v) is 5.53. The fraction of sp³-hybridized carbons (Fsp3) is 0.467. The summed E-state index contributed by atoms with van der Waals surface area (Å²) in [4.78, 5) is 15.7. The molecule has 0 aliphatic carbocycles. The molecule has 1 aliphatic rings. The number of thiocarbonyl (C=S) groups is 1. The number of aryl methyl sites for hydroxylation is 1. The van der Waals surface area contributed by atoms with Crippen molar-refractivity contribution in [1.82, 2.24) is 9.80 Å². The molecule has 1 N–H and O–H groups in total. The van der Waals surface area contributed by atoms with Crippen molar-refractivity contribution in [2.75, 3.05) is 45.2 Å². The monoisotopic (exact) mass is 307 g/mol. The van der Waals surface area contributed by atoms with Crippen molar-refractivity contribution in [1.29, 1.82) is 0 Å². The van der Waals surface area contributed by atoms with Crippen LogP contribution in [0.1, 0.15) is 5.56 Å². The lowest BCUT2D eigenvalue weighted by Gasteiger charge is -2.29. The van der Waals surface area contributed by atoms with Gasteiger partial charge in [0.25, 0.3) is 0 Å². The van der Waals surface area contributed by atoms with Crippen LogP contribution in [0.25, 0.3) is 0 Å². The predicted octanol–water partition coefficient (Wildman–Crippen LogP) is 1.48. The number of amides is 1. The van der Waals surface area contributed by atoms with Crippen molar-refractivity contribution >= 4 is 28.9 Å². The normalized spacial score (nSPS) is 14.7. The lowest BCUT2D eigenvalue weighted by Crippen LogP contribution is -2.46. The van der Waals surface area contributed by atoms with E-state index in [2.05, 4.69) is 5.32 Å². The molecule has 0 unspecified atom stereocenters. The lowest BCUT2D eigenvalue weighted by atomic mass is 10.2. The molecule has 0 radical (unpaired) electrons. The maximum Gasteiger partial charge on any atom is 0.242 e. The van der Waals surface area contributed by atoms with E-state index in [0.717, 1.165) is 5.69 Å². The Morgan fingerprint density at radius 1 is 1.33 bits per heavy atom. The molecular weight excluding hydrogens is 286 g/mol. The molecule has 0 saturated carbocycles. The maximum atomic E-state index is 12.2. The Labute approximate surface area is 130 Å². The van der Waals surface area contributed by atoms with Crippen LogP contribution in [0.3, 0.4) is 0 Å². The standard InChI is InChI=1S/C15H21N3O2S/c1-12-3-5-13(6-4-12)16-15(21)17(2)11-14(19)18-7-9-20-10-8-18/h3-6H,7-11H2,1-2H3,(H,16,21). The van der Waals surface area contributed by atoms with Gasteiger partial charge in [0.1, 0.15) is 0 Å². The van der Waals surface area contributed by atoms with Crippen LogP contribution >= 0.6 is 12.2 Å². The Morgan fingerprint density at radius 3 is 2.57 bits per heavy atom. The molecule has 1 aromatic carbocycles. The topological polar surface area (TPSA) is 44.8 Å². The van der Waals surface area contributed by atoms with Gasteiger partial charge in [-0.2, -0.15) is 0 Å². The van der Waals surface area contributed by atoms with E-state index in [9.17, 15) is 4.79 Å². The molecule has 1 heterocycles. The fourth-order valence-corrected chi connectivity index (χ4v) is 2.23. The maximum absolute atomic E-state index is 12.2. The summed E-state index contributed by atoms with van der Waals surface area (Å²) in [5.74, 6) is 0.0776. The Hall–Kier alpha value is -1.66. The Kier molecular flexibility index (Phi) is 5.52. The van der Waals surface area contributed by atoms with Crippen molar-refractivity contribution in [3.05, 3.63) is 29.8 Å². The van der Waals surface area contributed by atoms with Gasteiger partial charge >= 0.3 is 0 Å². The van der Waals surface area contributed by atoms with Crippen LogP contribution in [0.2, 0.25) is 0 Å². The first kappa shape index (κ1) is 15.7. The van der Waals surface area contributed by atoms with E-state index in [-0.39, 0.29) is 12.5 Å². The molecule has 114 valence electrons. The smallest absolute Gasteiger partial charge is 0.242 e. The highest BCUT2D eigenvalue weighted by molar-refractivity contribution is 7.80. The van der Waals surface area contributed by atoms with Gasteiger partial charge in [-0.3, -0.25) is 4.79 Å². The molecule has 5 nitrogen and oxygen atoms in total. The van der Waals surface area contributed by atoms with Crippen molar-refractivity contribution in [2.24, 2.45) is 0 Å². The molecule has 1 fully saturated rings. The van der Waals surface area contributed by atoms with E-state index in [1.165, 1.54) is 5.56 Å². The van der Waals surface area contributed by atoms with E-state index in [1.807, 2.05) is 43.1 Å². The summed E-state index contributed by atoms with van der Waals surface area (Å²) in [5, 5.41) is 3.68. The van der Waals surface area contributed by atoms with E-state index < -0.39 is 0 Å². The highest BCUT2D eigenvalue weighted by Gasteiger charge is 2.19. The Morgan fingerprint density at radius 2 is 1.95 bits per heavy atom. The minimum Gasteiger partial charge on any atom is -0.378 e. The summed E-state index contributed by atoms with van der Waals surface area (Å²) in [6.45, 7) is 4.85. The summed E-state index contributed by atoms with van der Waals surface area (Å²) >= 11 is 5.33. The highest BCUT2D eigenvalue weighted by Crippen LogP contribution is 2.09. The minimum atomic E-state index is 0.0776. The van der Waals surface area contributed by atoms with E-state index in [4.69, 9.17) is 17.0 Å². The number of carbonyl (C=O) groups excluding carboxylic acids is 1. The van der Waals surface area contributed by atoms with E-state index >= 15 is 0 Å². The minimum absolute atomic E-state index is 0.0776. The summed E-state index contributed by atoms with van der Waals surface area (Å²) in [6.07, 6.45) is 0. The first-order valence-electron chi connectivity index (χ1n) is 7.00. The predicted molar refractivity (Wildman–Crippen MR) is 87.4 cm³/mol. The second-order valence-electron chi connectivity index (χ2n) is 5.15. The largest absolute Gasteiger partial charge is 0.378 e. The van der Waals surface area contributed by atoms with Crippen molar-refractivity contribution < 1.29 is 9.53 Å². The van der Waals surface area contributed by atoms with Crippen molar-refractivity contribution in [3.8, 4) is 0 Å². The number of ether oxygens (including phenoxy) is 1. The molecule has 6 heteroatoms. The van der Waals surface area contributed by atoms with Crippen LogP contribution in [0, 0.1) is 6.92 Å². The molecule has 1 aliphatic heterocycles. The quantitative estimate of drug-likeness (QED) is 0.857. The van der Waals surface area contributed by atoms with Crippen LogP contribution in [0.15, 0.2) is 24.3 Å². The second kappa shape index (κ2) is 7.38. The van der Waals surface area contributed by atoms with Gasteiger partial charge in [-0.05, 0) is 31.3 Å². The zero-order valence-electron chi connectivity index (χ0n) is 12.5. The number of anilines is 1. The van der Waals surface area contributed by atoms with Crippen LogP contribution < -0.4 is 5.32 Å². The van der Waals surface area contributed by atoms with E-state index in [0.29, 0.717) is 31.4 Å². The summed E-state index contributed by atoms with van der Waals surface area (Å²) in [5.41, 5.74) is 2.12. The lowest BCUT2D eigenvalue weighted by molar-refractivity contribution is -0.135. The number of nitrogens with one attached hydrogen (secondary N) is 1. The molecule has 0 bridgehead atoms. The van der Waals surface area contributed by atoms with Crippen LogP contribution in [-0.4, -0.2) is 60.7 Å². The average molecular weight is 307 g/mol. The van der Waals surface area contributed by atoms with Gasteiger partial charge in [0, 0.05) is 25.8 Å². The highest BCUT2D eigenvalue weighted by atomic mass is 32.1. The van der Waals surface area contributed by atoms with Crippen LogP contribution in [-0.2, 0) is 9.53 Å². The van der Waals surface area contributed by atoms with Gasteiger partial charge in [-0.1, -0.05) is 17.7 Å². The number of likely N-dealkylation sites (N-methyl/N-ethyl adjacent to an activating group) is 1. The Balaban J connectivity index is 1.84. The number of morpholine rings is 1. The van der Waals surface area contributed by atoms with Gasteiger partial charge in [0.2, 0.25) is 5.91 Å². The Bertz CT molecular complexity index is 498. The first-order chi connectivity index (χ1) is 10.1. The van der Waals surface area contributed by atoms with Gasteiger partial charge in [0.15, 0.2) is 5.11 Å². The van der Waals surface area contributed by atoms with E-state index in [1.54, 1.807) is 4.90 Å². The van der Waals surface area contributed by atoms with Crippen LogP contribution in [0.5, 0.6) is 0 Å². The number of rotatable bonds is 3. The number of nitrogens with zero attached hydrogens (tertiary/aromatic N) is 2. The molecule has 0 aromatic heterocycles. The molecule has 1 saturated heterocycles. The molecule has 1 aromatic rings. The third kappa shape index (κ3) is 4.68. The van der Waals surface area contributed by atoms with Gasteiger partial charge in [-0.25, -0.2) is 0 Å². The number of hydrogen-bond donors (Lipinski definition) is 1. The van der Waals surface area contributed by atoms with Crippen molar-refractivity contribution in [3.63, 3.8) is 0 Å². The van der Waals surface area contributed by atoms with Crippen molar-refractivity contribution in [2.45, 2.75) is 6.92 Å². The zero-order valence-corrected chi connectivity index (χ0v) is 13.3. The molecule has 21 heavy (non-hydrogen) atoms.